The Balaban J connectivity index is 1.55. The zero-order valence-electron chi connectivity index (χ0n) is 19.0. The molecular weight excluding hydrogens is 471 g/mol. The van der Waals surface area contributed by atoms with Gasteiger partial charge in [0.2, 0.25) is 0 Å². The van der Waals surface area contributed by atoms with Crippen molar-refractivity contribution in [1.29, 1.82) is 0 Å². The first-order chi connectivity index (χ1) is 17.2. The van der Waals surface area contributed by atoms with Gasteiger partial charge in [0, 0.05) is 30.4 Å². The Bertz CT molecular complexity index is 1550. The zero-order chi connectivity index (χ0) is 25.4. The third-order valence-electron chi connectivity index (χ3n) is 5.91. The van der Waals surface area contributed by atoms with Crippen molar-refractivity contribution in [2.75, 3.05) is 5.73 Å². The number of carbonyl (C=O) groups excluding carboxylic acids is 1. The van der Waals surface area contributed by atoms with E-state index in [-0.39, 0.29) is 12.5 Å². The number of anilines is 1. The molecule has 0 saturated carbocycles. The molecule has 5 rings (SSSR count). The molecule has 1 unspecified atom stereocenters. The van der Waals surface area contributed by atoms with Crippen LogP contribution in [0.5, 0.6) is 0 Å². The Hall–Kier alpha value is -4.54. The molecule has 11 heteroatoms. The van der Waals surface area contributed by atoms with Gasteiger partial charge in [-0.3, -0.25) is 9.78 Å². The Morgan fingerprint density at radius 3 is 2.53 bits per heavy atom. The van der Waals surface area contributed by atoms with Gasteiger partial charge in [-0.15, -0.1) is 0 Å². The van der Waals surface area contributed by atoms with E-state index in [2.05, 4.69) is 19.9 Å². The van der Waals surface area contributed by atoms with E-state index in [0.717, 1.165) is 12.3 Å². The van der Waals surface area contributed by atoms with Gasteiger partial charge in [0.1, 0.15) is 11.6 Å². The van der Waals surface area contributed by atoms with Gasteiger partial charge >= 0.3 is 6.18 Å². The topological polar surface area (TPSA) is 102 Å². The van der Waals surface area contributed by atoms with E-state index in [1.165, 1.54) is 11.0 Å². The van der Waals surface area contributed by atoms with Crippen LogP contribution in [0.3, 0.4) is 0 Å². The van der Waals surface area contributed by atoms with E-state index in [1.807, 2.05) is 22.7 Å². The molecule has 36 heavy (non-hydrogen) atoms. The second kappa shape index (κ2) is 8.91. The number of hydrogen-bond acceptors (Lipinski definition) is 6. The maximum Gasteiger partial charge on any atom is 0.417 e. The van der Waals surface area contributed by atoms with Crippen molar-refractivity contribution >= 4 is 28.3 Å². The number of pyridine rings is 1. The van der Waals surface area contributed by atoms with Crippen LogP contribution in [0.25, 0.3) is 16.6 Å². The second-order valence-corrected chi connectivity index (χ2v) is 8.22. The van der Waals surface area contributed by atoms with Crippen molar-refractivity contribution in [1.82, 2.24) is 29.2 Å². The van der Waals surface area contributed by atoms with Gasteiger partial charge in [-0.05, 0) is 55.5 Å². The first-order valence-electron chi connectivity index (χ1n) is 11.0. The van der Waals surface area contributed by atoms with Crippen LogP contribution < -0.4 is 5.73 Å². The molecule has 0 radical (unpaired) electrons. The molecule has 0 aliphatic heterocycles. The molecule has 4 aromatic heterocycles. The van der Waals surface area contributed by atoms with E-state index in [1.54, 1.807) is 43.6 Å². The highest BCUT2D eigenvalue weighted by Crippen LogP contribution is 2.29. The number of aromatic nitrogens is 5. The highest BCUT2D eigenvalue weighted by atomic mass is 19.4. The molecule has 0 saturated heterocycles. The molecule has 2 N–H and O–H groups in total. The van der Waals surface area contributed by atoms with Crippen LogP contribution >= 0.6 is 0 Å². The molecule has 0 spiro atoms. The summed E-state index contributed by atoms with van der Waals surface area (Å²) in [5.41, 5.74) is 7.85. The summed E-state index contributed by atoms with van der Waals surface area (Å²) in [7, 11) is 0. The number of carbonyl (C=O) groups is 1. The molecule has 0 fully saturated rings. The first kappa shape index (κ1) is 23.2. The van der Waals surface area contributed by atoms with E-state index in [0.29, 0.717) is 39.4 Å². The van der Waals surface area contributed by atoms with E-state index in [9.17, 15) is 18.0 Å². The predicted molar refractivity (Wildman–Crippen MR) is 127 cm³/mol. The monoisotopic (exact) mass is 491 g/mol. The molecule has 8 nitrogen and oxygen atoms in total. The Labute approximate surface area is 203 Å². The number of nitrogen functional groups attached to an aromatic ring is 1. The minimum atomic E-state index is -4.50. The number of rotatable bonds is 5. The van der Waals surface area contributed by atoms with Crippen molar-refractivity contribution in [3.8, 4) is 0 Å². The number of amides is 1. The average molecular weight is 491 g/mol. The van der Waals surface area contributed by atoms with Crippen molar-refractivity contribution in [3.05, 3.63) is 96.0 Å². The lowest BCUT2D eigenvalue weighted by molar-refractivity contribution is -0.137. The van der Waals surface area contributed by atoms with Gasteiger partial charge in [-0.2, -0.15) is 13.2 Å². The van der Waals surface area contributed by atoms with E-state index in [4.69, 9.17) is 5.73 Å². The molecule has 5 aromatic rings. The third kappa shape index (κ3) is 4.30. The molecule has 1 amide bonds. The second-order valence-electron chi connectivity index (χ2n) is 8.22. The Morgan fingerprint density at radius 1 is 1.06 bits per heavy atom. The smallest absolute Gasteiger partial charge is 0.382 e. The van der Waals surface area contributed by atoms with Crippen LogP contribution in [-0.2, 0) is 12.7 Å². The molecule has 0 bridgehead atoms. The molecule has 4 heterocycles. The van der Waals surface area contributed by atoms with Crippen molar-refractivity contribution in [2.24, 2.45) is 0 Å². The summed E-state index contributed by atoms with van der Waals surface area (Å²) in [6, 6.07) is 12.0. The largest absolute Gasteiger partial charge is 0.417 e. The molecule has 1 atom stereocenters. The van der Waals surface area contributed by atoms with Gasteiger partial charge in [0.15, 0.2) is 0 Å². The van der Waals surface area contributed by atoms with Gasteiger partial charge in [0.05, 0.1) is 40.4 Å². The third-order valence-corrected chi connectivity index (χ3v) is 5.91. The van der Waals surface area contributed by atoms with Crippen LogP contribution in [-0.4, -0.2) is 35.1 Å². The van der Waals surface area contributed by atoms with Crippen molar-refractivity contribution < 1.29 is 18.0 Å². The lowest BCUT2D eigenvalue weighted by atomic mass is 10.1. The molecule has 0 aliphatic rings. The number of benzene rings is 1. The fraction of sp³-hybridized carbons (Fsp3) is 0.160. The van der Waals surface area contributed by atoms with Crippen molar-refractivity contribution in [3.63, 3.8) is 0 Å². The predicted octanol–water partition coefficient (Wildman–Crippen LogP) is 4.68. The summed E-state index contributed by atoms with van der Waals surface area (Å²) >= 11 is 0. The highest BCUT2D eigenvalue weighted by Gasteiger charge is 2.31. The summed E-state index contributed by atoms with van der Waals surface area (Å²) in [4.78, 5) is 32.1. The minimum Gasteiger partial charge on any atom is -0.382 e. The summed E-state index contributed by atoms with van der Waals surface area (Å²) in [5.74, 6) is 0.396. The normalized spacial score (nSPS) is 12.7. The molecule has 0 aliphatic carbocycles. The minimum absolute atomic E-state index is 0.0483. The fourth-order valence-corrected chi connectivity index (χ4v) is 4.01. The average Bonchev–Trinajstić information content (AvgIpc) is 3.38. The standard InChI is InChI=1S/C25H20F3N7O/c1-15(23-30-9-3-10-31-23)35(14-18-7-6-17(13-32-18)25(26,27)28)24(36)16-5-8-19-21(12-16)34-11-2-4-20(34)22(29)33-19/h2-13,15H,14H2,1H3,(H2,29,33). The van der Waals surface area contributed by atoms with Gasteiger partial charge in [-0.25, -0.2) is 15.0 Å². The lowest BCUT2D eigenvalue weighted by Gasteiger charge is -2.28. The molecule has 1 aromatic carbocycles. The van der Waals surface area contributed by atoms with Crippen LogP contribution in [0, 0.1) is 0 Å². The van der Waals surface area contributed by atoms with Crippen molar-refractivity contribution in [2.45, 2.75) is 25.7 Å². The van der Waals surface area contributed by atoms with Crippen LogP contribution in [0.15, 0.2) is 73.3 Å². The zero-order valence-corrected chi connectivity index (χ0v) is 19.0. The highest BCUT2D eigenvalue weighted by molar-refractivity contribution is 5.98. The van der Waals surface area contributed by atoms with Gasteiger partial charge in [0.25, 0.3) is 5.91 Å². The first-order valence-corrected chi connectivity index (χ1v) is 11.0. The van der Waals surface area contributed by atoms with Crippen LogP contribution in [0.1, 0.15) is 40.4 Å². The maximum atomic E-state index is 13.8. The van der Waals surface area contributed by atoms with Gasteiger partial charge < -0.3 is 15.0 Å². The maximum absolute atomic E-state index is 13.8. The summed E-state index contributed by atoms with van der Waals surface area (Å²) in [5, 5.41) is 0. The summed E-state index contributed by atoms with van der Waals surface area (Å²) in [6.45, 7) is 1.71. The number of nitrogens with zero attached hydrogens (tertiary/aromatic N) is 6. The Morgan fingerprint density at radius 2 is 1.83 bits per heavy atom. The fourth-order valence-electron chi connectivity index (χ4n) is 4.01. The number of hydrogen-bond donors (Lipinski definition) is 1. The molecule has 182 valence electrons. The van der Waals surface area contributed by atoms with E-state index >= 15 is 0 Å². The number of alkyl halides is 3. The Kier molecular flexibility index (Phi) is 5.75. The number of halogens is 3. The lowest BCUT2D eigenvalue weighted by Crippen LogP contribution is -2.34. The number of fused-ring (bicyclic) bond motifs is 3. The SMILES string of the molecule is CC(c1ncccn1)N(Cc1ccc(C(F)(F)F)cn1)C(=O)c1ccc2nc(N)c3cccn3c2c1. The number of nitrogens with two attached hydrogens (primary N) is 1. The quantitative estimate of drug-likeness (QED) is 0.383. The molecular formula is C25H20F3N7O. The van der Waals surface area contributed by atoms with E-state index < -0.39 is 17.8 Å². The van der Waals surface area contributed by atoms with Crippen LogP contribution in [0.2, 0.25) is 0 Å². The summed E-state index contributed by atoms with van der Waals surface area (Å²) in [6.07, 6.45) is 1.21. The van der Waals surface area contributed by atoms with Crippen LogP contribution in [0.4, 0.5) is 19.0 Å². The van der Waals surface area contributed by atoms with Gasteiger partial charge in [-0.1, -0.05) is 0 Å². The summed E-state index contributed by atoms with van der Waals surface area (Å²) < 4.78 is 40.8.